The van der Waals surface area contributed by atoms with Crippen LogP contribution in [0, 0.1) is 13.8 Å². The second kappa shape index (κ2) is 8.80. The van der Waals surface area contributed by atoms with Crippen molar-refractivity contribution in [1.82, 2.24) is 9.62 Å². The summed E-state index contributed by atoms with van der Waals surface area (Å²) in [5, 5.41) is 2.90. The molecule has 166 valence electrons. The normalized spacial score (nSPS) is 20.0. The number of rotatable bonds is 6. The molecule has 3 rings (SSSR count). The minimum Gasteiger partial charge on any atom is -0.350 e. The lowest BCUT2D eigenvalue weighted by molar-refractivity contribution is -0.133. The second-order valence-corrected chi connectivity index (χ2v) is 10.3. The lowest BCUT2D eigenvalue weighted by atomic mass is 9.93. The largest absolute Gasteiger partial charge is 0.350 e. The number of nitrogens with zero attached hydrogens (tertiary/aromatic N) is 2. The topological polar surface area (TPSA) is 86.8 Å². The summed E-state index contributed by atoms with van der Waals surface area (Å²) in [6, 6.07) is 15.0. The van der Waals surface area contributed by atoms with Gasteiger partial charge in [0, 0.05) is 18.8 Å². The summed E-state index contributed by atoms with van der Waals surface area (Å²) < 4.78 is 26.3. The fourth-order valence-corrected chi connectivity index (χ4v) is 4.99. The van der Waals surface area contributed by atoms with Gasteiger partial charge in [0.2, 0.25) is 21.8 Å². The van der Waals surface area contributed by atoms with Gasteiger partial charge in [0.05, 0.1) is 12.3 Å². The van der Waals surface area contributed by atoms with Crippen molar-refractivity contribution in [2.45, 2.75) is 39.8 Å². The minimum atomic E-state index is -3.64. The van der Waals surface area contributed by atoms with Crippen LogP contribution in [0.25, 0.3) is 0 Å². The van der Waals surface area contributed by atoms with Gasteiger partial charge in [-0.05, 0) is 50.5 Å². The molecule has 2 aromatic carbocycles. The number of piperazine rings is 1. The van der Waals surface area contributed by atoms with Gasteiger partial charge in [-0.15, -0.1) is 0 Å². The van der Waals surface area contributed by atoms with Crippen molar-refractivity contribution in [1.29, 1.82) is 0 Å². The maximum absolute atomic E-state index is 13.5. The smallest absolute Gasteiger partial charge is 0.247 e. The number of amides is 2. The summed E-state index contributed by atoms with van der Waals surface area (Å²) in [6.45, 7) is 6.88. The van der Waals surface area contributed by atoms with Crippen molar-refractivity contribution in [3.05, 3.63) is 65.2 Å². The van der Waals surface area contributed by atoms with Gasteiger partial charge in [0.25, 0.3) is 0 Å². The first-order valence-corrected chi connectivity index (χ1v) is 11.9. The van der Waals surface area contributed by atoms with Crippen LogP contribution in [0.2, 0.25) is 0 Å². The van der Waals surface area contributed by atoms with Gasteiger partial charge < -0.3 is 5.32 Å². The van der Waals surface area contributed by atoms with E-state index in [1.54, 1.807) is 13.0 Å². The van der Waals surface area contributed by atoms with Crippen LogP contribution in [0.5, 0.6) is 0 Å². The highest BCUT2D eigenvalue weighted by Gasteiger charge is 2.50. The van der Waals surface area contributed by atoms with Crippen molar-refractivity contribution >= 4 is 27.5 Å². The lowest BCUT2D eigenvalue weighted by Crippen LogP contribution is -2.70. The zero-order valence-corrected chi connectivity index (χ0v) is 19.2. The standard InChI is InChI=1S/C23H29N3O4S/c1-5-31(29,30)25-15-21(27)26(20-13-9-10-17(2)18(20)3)23(4,16-25)22(28)24-14-19-11-7-6-8-12-19/h6-13H,5,14-16H2,1-4H3,(H,24,28)/t23-/m0/s1. The molecular weight excluding hydrogens is 414 g/mol. The van der Waals surface area contributed by atoms with Crippen LogP contribution < -0.4 is 10.2 Å². The fourth-order valence-electron chi connectivity index (χ4n) is 3.87. The summed E-state index contributed by atoms with van der Waals surface area (Å²) in [4.78, 5) is 28.2. The Hall–Kier alpha value is -2.71. The molecule has 1 fully saturated rings. The molecule has 7 nitrogen and oxygen atoms in total. The van der Waals surface area contributed by atoms with Crippen LogP contribution in [0.4, 0.5) is 5.69 Å². The van der Waals surface area contributed by atoms with E-state index >= 15 is 0 Å². The van der Waals surface area contributed by atoms with Gasteiger partial charge >= 0.3 is 0 Å². The molecule has 0 unspecified atom stereocenters. The molecule has 0 aliphatic carbocycles. The summed E-state index contributed by atoms with van der Waals surface area (Å²) in [5.41, 5.74) is 2.00. The number of carbonyl (C=O) groups is 2. The molecule has 31 heavy (non-hydrogen) atoms. The van der Waals surface area contributed by atoms with Gasteiger partial charge in [-0.2, -0.15) is 4.31 Å². The molecule has 0 spiro atoms. The van der Waals surface area contributed by atoms with Crippen LogP contribution in [-0.2, 0) is 26.2 Å². The molecular formula is C23H29N3O4S. The van der Waals surface area contributed by atoms with Gasteiger partial charge in [-0.1, -0.05) is 42.5 Å². The highest BCUT2D eigenvalue weighted by atomic mass is 32.2. The van der Waals surface area contributed by atoms with Crippen LogP contribution in [0.3, 0.4) is 0 Å². The van der Waals surface area contributed by atoms with Gasteiger partial charge in [-0.3, -0.25) is 14.5 Å². The Balaban J connectivity index is 2.02. The number of benzene rings is 2. The summed E-state index contributed by atoms with van der Waals surface area (Å²) >= 11 is 0. The number of hydrogen-bond acceptors (Lipinski definition) is 4. The second-order valence-electron chi connectivity index (χ2n) is 8.06. The van der Waals surface area contributed by atoms with Crippen molar-refractivity contribution in [3.63, 3.8) is 0 Å². The molecule has 8 heteroatoms. The zero-order valence-electron chi connectivity index (χ0n) is 18.4. The average Bonchev–Trinajstić information content (AvgIpc) is 2.75. The Morgan fingerprint density at radius 3 is 2.42 bits per heavy atom. The van der Waals surface area contributed by atoms with Gasteiger partial charge in [0.15, 0.2) is 0 Å². The van der Waals surface area contributed by atoms with E-state index in [1.165, 1.54) is 11.8 Å². The molecule has 0 saturated carbocycles. The molecule has 1 atom stereocenters. The Bertz CT molecular complexity index is 1090. The van der Waals surface area contributed by atoms with Crippen molar-refractivity contribution in [2.24, 2.45) is 0 Å². The molecule has 1 aliphatic heterocycles. The van der Waals surface area contributed by atoms with Crippen molar-refractivity contribution in [2.75, 3.05) is 23.7 Å². The van der Waals surface area contributed by atoms with E-state index in [-0.39, 0.29) is 25.4 Å². The van der Waals surface area contributed by atoms with E-state index in [4.69, 9.17) is 0 Å². The van der Waals surface area contributed by atoms with E-state index in [0.29, 0.717) is 5.69 Å². The number of anilines is 1. The zero-order chi connectivity index (χ0) is 22.8. The third-order valence-electron chi connectivity index (χ3n) is 5.90. The molecule has 1 aliphatic rings. The Labute approximate surface area is 184 Å². The van der Waals surface area contributed by atoms with E-state index in [9.17, 15) is 18.0 Å². The predicted octanol–water partition coefficient (Wildman–Crippen LogP) is 2.38. The maximum atomic E-state index is 13.5. The average molecular weight is 444 g/mol. The van der Waals surface area contributed by atoms with E-state index < -0.39 is 27.4 Å². The summed E-state index contributed by atoms with van der Waals surface area (Å²) in [6.07, 6.45) is 0. The maximum Gasteiger partial charge on any atom is 0.247 e. The Morgan fingerprint density at radius 2 is 1.77 bits per heavy atom. The first-order valence-electron chi connectivity index (χ1n) is 10.3. The number of carbonyl (C=O) groups excluding carboxylic acids is 2. The monoisotopic (exact) mass is 443 g/mol. The van der Waals surface area contributed by atoms with Crippen LogP contribution in [0.15, 0.2) is 48.5 Å². The van der Waals surface area contributed by atoms with Crippen LogP contribution in [0.1, 0.15) is 30.5 Å². The molecule has 1 saturated heterocycles. The summed E-state index contributed by atoms with van der Waals surface area (Å²) in [5.74, 6) is -0.957. The van der Waals surface area contributed by atoms with E-state index in [0.717, 1.165) is 21.0 Å². The van der Waals surface area contributed by atoms with Gasteiger partial charge in [0.1, 0.15) is 5.54 Å². The Morgan fingerprint density at radius 1 is 1.10 bits per heavy atom. The SMILES string of the molecule is CCS(=O)(=O)N1CC(=O)N(c2cccc(C)c2C)[C@](C)(C(=O)NCc2ccccc2)C1. The third kappa shape index (κ3) is 4.50. The molecule has 0 aromatic heterocycles. The number of sulfonamides is 1. The molecule has 1 heterocycles. The molecule has 1 N–H and O–H groups in total. The first-order chi connectivity index (χ1) is 14.6. The highest BCUT2D eigenvalue weighted by molar-refractivity contribution is 7.89. The van der Waals surface area contributed by atoms with Crippen molar-refractivity contribution < 1.29 is 18.0 Å². The number of hydrogen-bond donors (Lipinski definition) is 1. The van der Waals surface area contributed by atoms with E-state index in [1.807, 2.05) is 56.3 Å². The predicted molar refractivity (Wildman–Crippen MR) is 121 cm³/mol. The minimum absolute atomic E-state index is 0.108. The number of nitrogens with one attached hydrogen (secondary N) is 1. The quantitative estimate of drug-likeness (QED) is 0.743. The Kier molecular flexibility index (Phi) is 6.52. The van der Waals surface area contributed by atoms with Gasteiger partial charge in [-0.25, -0.2) is 8.42 Å². The lowest BCUT2D eigenvalue weighted by Gasteiger charge is -2.47. The highest BCUT2D eigenvalue weighted by Crippen LogP contribution is 2.34. The first kappa shape index (κ1) is 23.0. The van der Waals surface area contributed by atoms with E-state index in [2.05, 4.69) is 5.32 Å². The van der Waals surface area contributed by atoms with Crippen LogP contribution >= 0.6 is 0 Å². The molecule has 0 bridgehead atoms. The molecule has 2 aromatic rings. The fraction of sp³-hybridized carbons (Fsp3) is 0.391. The van der Waals surface area contributed by atoms with Crippen LogP contribution in [-0.4, -0.2) is 48.9 Å². The number of aryl methyl sites for hydroxylation is 1. The summed E-state index contributed by atoms with van der Waals surface area (Å²) in [7, 11) is -3.64. The third-order valence-corrected chi connectivity index (χ3v) is 7.67. The molecule has 0 radical (unpaired) electrons. The molecule has 2 amide bonds. The van der Waals surface area contributed by atoms with Crippen molar-refractivity contribution in [3.8, 4) is 0 Å².